The van der Waals surface area contributed by atoms with E-state index in [1.165, 1.54) is 35.4 Å². The van der Waals surface area contributed by atoms with Crippen molar-refractivity contribution in [3.05, 3.63) is 59.7 Å². The van der Waals surface area contributed by atoms with Gasteiger partial charge in [-0.15, -0.1) is 0 Å². The molecule has 1 heterocycles. The van der Waals surface area contributed by atoms with Crippen LogP contribution in [0.2, 0.25) is 0 Å². The third kappa shape index (κ3) is 5.20. The molecule has 8 heteroatoms. The number of benzene rings is 2. The highest BCUT2D eigenvalue weighted by atomic mass is 32.2. The Morgan fingerprint density at radius 1 is 0.964 bits per heavy atom. The second-order valence-corrected chi connectivity index (χ2v) is 11.0. The zero-order valence-corrected chi connectivity index (χ0v) is 17.8. The van der Waals surface area contributed by atoms with E-state index in [2.05, 4.69) is 34.7 Å². The molecule has 2 aromatic rings. The summed E-state index contributed by atoms with van der Waals surface area (Å²) in [5, 5.41) is 0. The fourth-order valence-electron chi connectivity index (χ4n) is 3.54. The Labute approximate surface area is 167 Å². The Bertz CT molecular complexity index is 1040. The molecule has 0 atom stereocenters. The molecule has 0 aromatic heterocycles. The molecule has 0 bridgehead atoms. The minimum atomic E-state index is -3.90. The molecule has 28 heavy (non-hydrogen) atoms. The van der Waals surface area contributed by atoms with E-state index in [0.717, 1.165) is 25.9 Å². The molecular formula is C20H26N2O4S2. The zero-order chi connectivity index (χ0) is 20.4. The zero-order valence-electron chi connectivity index (χ0n) is 16.1. The number of hydrogen-bond acceptors (Lipinski definition) is 5. The summed E-state index contributed by atoms with van der Waals surface area (Å²) in [5.41, 5.74) is 2.48. The van der Waals surface area contributed by atoms with Crippen LogP contribution in [0.15, 0.2) is 58.3 Å². The van der Waals surface area contributed by atoms with Crippen molar-refractivity contribution >= 4 is 19.9 Å². The van der Waals surface area contributed by atoms with Crippen molar-refractivity contribution < 1.29 is 16.8 Å². The summed E-state index contributed by atoms with van der Waals surface area (Å²) in [7, 11) is -7.54. The summed E-state index contributed by atoms with van der Waals surface area (Å²) >= 11 is 0. The molecule has 0 radical (unpaired) electrons. The fraction of sp³-hybridized carbons (Fsp3) is 0.400. The first-order valence-electron chi connectivity index (χ1n) is 9.24. The first-order chi connectivity index (χ1) is 13.1. The molecule has 1 saturated heterocycles. The lowest BCUT2D eigenvalue weighted by Gasteiger charge is -2.32. The molecular weight excluding hydrogens is 396 g/mol. The molecule has 1 N–H and O–H groups in total. The average Bonchev–Trinajstić information content (AvgIpc) is 2.62. The van der Waals surface area contributed by atoms with Gasteiger partial charge in [-0.1, -0.05) is 42.0 Å². The molecule has 2 aromatic carbocycles. The number of hydrogen-bond donors (Lipinski definition) is 1. The summed E-state index contributed by atoms with van der Waals surface area (Å²) in [6.07, 6.45) is 2.39. The van der Waals surface area contributed by atoms with Crippen LogP contribution in [-0.4, -0.2) is 47.1 Å². The van der Waals surface area contributed by atoms with E-state index in [0.29, 0.717) is 12.8 Å². The van der Waals surface area contributed by atoms with Gasteiger partial charge in [-0.05, 0) is 37.5 Å². The van der Waals surface area contributed by atoms with E-state index < -0.39 is 19.9 Å². The smallest absolute Gasteiger partial charge is 0.242 e. The quantitative estimate of drug-likeness (QED) is 0.773. The highest BCUT2D eigenvalue weighted by molar-refractivity contribution is 7.93. The molecule has 0 saturated carbocycles. The van der Waals surface area contributed by atoms with Gasteiger partial charge in [-0.3, -0.25) is 4.90 Å². The third-order valence-corrected chi connectivity index (χ3v) is 7.80. The molecule has 1 aliphatic heterocycles. The van der Waals surface area contributed by atoms with E-state index >= 15 is 0 Å². The van der Waals surface area contributed by atoms with Gasteiger partial charge in [0.25, 0.3) is 0 Å². The van der Waals surface area contributed by atoms with E-state index in [4.69, 9.17) is 0 Å². The van der Waals surface area contributed by atoms with Gasteiger partial charge in [0, 0.05) is 31.9 Å². The Balaban J connectivity index is 1.65. The molecule has 1 fully saturated rings. The first-order valence-corrected chi connectivity index (χ1v) is 12.6. The lowest BCUT2D eigenvalue weighted by molar-refractivity contribution is 0.200. The number of aryl methyl sites for hydroxylation is 1. The minimum Gasteiger partial charge on any atom is -0.299 e. The molecule has 1 aliphatic rings. The summed E-state index contributed by atoms with van der Waals surface area (Å²) in [6, 6.07) is 13.9. The van der Waals surface area contributed by atoms with Gasteiger partial charge in [0.2, 0.25) is 10.0 Å². The van der Waals surface area contributed by atoms with Gasteiger partial charge >= 0.3 is 0 Å². The van der Waals surface area contributed by atoms with Crippen molar-refractivity contribution in [2.75, 3.05) is 19.3 Å². The standard InChI is InChI=1S/C20H26N2O4S2/c1-16-6-5-7-17(14-16)15-22-12-10-18(11-13-22)21-28(25,26)20-9-4-3-8-19(20)27(2,23)24/h3-9,14,18,21H,10-13,15H2,1-2H3. The maximum absolute atomic E-state index is 12.8. The molecule has 0 amide bonds. The number of rotatable bonds is 6. The molecule has 6 nitrogen and oxygen atoms in total. The van der Waals surface area contributed by atoms with E-state index in [1.54, 1.807) is 0 Å². The normalized spacial score (nSPS) is 16.9. The summed E-state index contributed by atoms with van der Waals surface area (Å²) in [4.78, 5) is 1.96. The third-order valence-electron chi connectivity index (χ3n) is 4.94. The summed E-state index contributed by atoms with van der Waals surface area (Å²) < 4.78 is 52.1. The monoisotopic (exact) mass is 422 g/mol. The van der Waals surface area contributed by atoms with Crippen LogP contribution >= 0.6 is 0 Å². The van der Waals surface area contributed by atoms with Gasteiger partial charge < -0.3 is 0 Å². The average molecular weight is 423 g/mol. The van der Waals surface area contributed by atoms with E-state index in [1.807, 2.05) is 6.07 Å². The number of nitrogens with zero attached hydrogens (tertiary/aromatic N) is 1. The topological polar surface area (TPSA) is 83.6 Å². The molecule has 0 unspecified atom stereocenters. The van der Waals surface area contributed by atoms with Crippen LogP contribution < -0.4 is 4.72 Å². The first kappa shape index (κ1) is 21.0. The lowest BCUT2D eigenvalue weighted by atomic mass is 10.0. The predicted octanol–water partition coefficient (Wildman–Crippen LogP) is 2.34. The van der Waals surface area contributed by atoms with Crippen molar-refractivity contribution in [1.82, 2.24) is 9.62 Å². The molecule has 3 rings (SSSR count). The Hall–Kier alpha value is -1.74. The van der Waals surface area contributed by atoms with Crippen molar-refractivity contribution in [2.45, 2.75) is 42.1 Å². The molecule has 152 valence electrons. The van der Waals surface area contributed by atoms with Crippen molar-refractivity contribution in [3.8, 4) is 0 Å². The highest BCUT2D eigenvalue weighted by Gasteiger charge is 2.28. The maximum Gasteiger partial charge on any atom is 0.242 e. The van der Waals surface area contributed by atoms with Crippen LogP contribution in [0.5, 0.6) is 0 Å². The summed E-state index contributed by atoms with van der Waals surface area (Å²) in [5.74, 6) is 0. The maximum atomic E-state index is 12.8. The number of sulfone groups is 1. The lowest BCUT2D eigenvalue weighted by Crippen LogP contribution is -2.44. The van der Waals surface area contributed by atoms with Crippen LogP contribution in [0.3, 0.4) is 0 Å². The molecule has 0 spiro atoms. The van der Waals surface area contributed by atoms with Crippen LogP contribution in [0.1, 0.15) is 24.0 Å². The predicted molar refractivity (Wildman–Crippen MR) is 109 cm³/mol. The number of sulfonamides is 1. The van der Waals surface area contributed by atoms with Gasteiger partial charge in [0.1, 0.15) is 4.90 Å². The van der Waals surface area contributed by atoms with Gasteiger partial charge in [-0.2, -0.15) is 0 Å². The number of likely N-dealkylation sites (tertiary alicyclic amines) is 1. The minimum absolute atomic E-state index is 0.167. The van der Waals surface area contributed by atoms with Gasteiger partial charge in [-0.25, -0.2) is 21.6 Å². The van der Waals surface area contributed by atoms with Gasteiger partial charge in [0.05, 0.1) is 4.90 Å². The Morgan fingerprint density at radius 3 is 2.21 bits per heavy atom. The van der Waals surface area contributed by atoms with Gasteiger partial charge in [0.15, 0.2) is 9.84 Å². The van der Waals surface area contributed by atoms with Crippen LogP contribution in [0, 0.1) is 6.92 Å². The second kappa shape index (κ2) is 8.32. The Morgan fingerprint density at radius 2 is 1.61 bits per heavy atom. The number of piperidine rings is 1. The van der Waals surface area contributed by atoms with Crippen LogP contribution in [0.25, 0.3) is 0 Å². The number of nitrogens with one attached hydrogen (secondary N) is 1. The van der Waals surface area contributed by atoms with Crippen molar-refractivity contribution in [3.63, 3.8) is 0 Å². The van der Waals surface area contributed by atoms with Crippen molar-refractivity contribution in [1.29, 1.82) is 0 Å². The van der Waals surface area contributed by atoms with Crippen LogP contribution in [-0.2, 0) is 26.4 Å². The Kier molecular flexibility index (Phi) is 6.24. The molecule has 0 aliphatic carbocycles. The van der Waals surface area contributed by atoms with Crippen LogP contribution in [0.4, 0.5) is 0 Å². The SMILES string of the molecule is Cc1cccc(CN2CCC(NS(=O)(=O)c3ccccc3S(C)(=O)=O)CC2)c1. The summed E-state index contributed by atoms with van der Waals surface area (Å²) in [6.45, 7) is 4.49. The van der Waals surface area contributed by atoms with E-state index in [9.17, 15) is 16.8 Å². The van der Waals surface area contributed by atoms with E-state index in [-0.39, 0.29) is 15.8 Å². The second-order valence-electron chi connectivity index (χ2n) is 7.38. The fourth-order valence-corrected chi connectivity index (χ4v) is 6.47. The largest absolute Gasteiger partial charge is 0.299 e. The van der Waals surface area contributed by atoms with Crippen molar-refractivity contribution in [2.24, 2.45) is 0 Å². The highest BCUT2D eigenvalue weighted by Crippen LogP contribution is 2.22.